The molecule has 0 aliphatic heterocycles. The number of thioether (sulfide) groups is 1. The van der Waals surface area contributed by atoms with Crippen molar-refractivity contribution in [2.45, 2.75) is 19.0 Å². The second-order valence-corrected chi connectivity index (χ2v) is 7.50. The lowest BCUT2D eigenvalue weighted by Gasteiger charge is -2.10. The molecule has 0 unspecified atom stereocenters. The van der Waals surface area contributed by atoms with Crippen molar-refractivity contribution in [3.05, 3.63) is 75.6 Å². The van der Waals surface area contributed by atoms with Crippen molar-refractivity contribution in [2.24, 2.45) is 0 Å². The summed E-state index contributed by atoms with van der Waals surface area (Å²) in [6.45, 7) is 3.90. The molecule has 0 atom stereocenters. The average molecular weight is 423 g/mol. The third-order valence-corrected chi connectivity index (χ3v) is 5.29. The van der Waals surface area contributed by atoms with Crippen LogP contribution in [-0.2, 0) is 4.79 Å². The van der Waals surface area contributed by atoms with Gasteiger partial charge in [-0.15, -0.1) is 0 Å². The summed E-state index contributed by atoms with van der Waals surface area (Å²) in [6, 6.07) is 14.1. The van der Waals surface area contributed by atoms with E-state index in [4.69, 9.17) is 5.73 Å². The van der Waals surface area contributed by atoms with E-state index in [9.17, 15) is 14.4 Å². The highest BCUT2D eigenvalue weighted by atomic mass is 32.2. The number of hydrogen-bond donors (Lipinski definition) is 4. The molecular weight excluding hydrogens is 402 g/mol. The molecule has 1 aromatic heterocycles. The van der Waals surface area contributed by atoms with Crippen LogP contribution in [0.3, 0.4) is 0 Å². The molecule has 3 aromatic rings. The molecule has 30 heavy (non-hydrogen) atoms. The largest absolute Gasteiger partial charge is 0.382 e. The Balaban J connectivity index is 1.65. The third kappa shape index (κ3) is 5.06. The van der Waals surface area contributed by atoms with Gasteiger partial charge < -0.3 is 16.4 Å². The van der Waals surface area contributed by atoms with Crippen LogP contribution in [0, 0.1) is 13.8 Å². The number of anilines is 3. The van der Waals surface area contributed by atoms with Gasteiger partial charge >= 0.3 is 0 Å². The number of nitrogen functional groups attached to an aromatic ring is 1. The van der Waals surface area contributed by atoms with E-state index in [1.54, 1.807) is 30.3 Å². The Kier molecular flexibility index (Phi) is 6.53. The molecule has 2 amide bonds. The van der Waals surface area contributed by atoms with Crippen LogP contribution in [0.2, 0.25) is 0 Å². The summed E-state index contributed by atoms with van der Waals surface area (Å²) >= 11 is 1.04. The zero-order chi connectivity index (χ0) is 21.7. The van der Waals surface area contributed by atoms with Gasteiger partial charge in [0, 0.05) is 11.3 Å². The van der Waals surface area contributed by atoms with Crippen LogP contribution in [-0.4, -0.2) is 27.5 Å². The molecule has 1 heterocycles. The van der Waals surface area contributed by atoms with E-state index in [1.165, 1.54) is 0 Å². The number of carbonyl (C=O) groups is 2. The van der Waals surface area contributed by atoms with Gasteiger partial charge in [-0.1, -0.05) is 42.1 Å². The first-order valence-electron chi connectivity index (χ1n) is 9.10. The first-order valence-corrected chi connectivity index (χ1v) is 10.1. The molecular formula is C21H21N5O3S. The number of nitrogens with zero attached hydrogens (tertiary/aromatic N) is 1. The molecule has 0 bridgehead atoms. The summed E-state index contributed by atoms with van der Waals surface area (Å²) in [5.74, 6) is -0.800. The number of benzene rings is 2. The number of hydrogen-bond acceptors (Lipinski definition) is 6. The number of carbonyl (C=O) groups excluding carboxylic acids is 2. The number of aromatic amines is 1. The second kappa shape index (κ2) is 9.27. The minimum Gasteiger partial charge on any atom is -0.382 e. The van der Waals surface area contributed by atoms with Crippen LogP contribution in [0.25, 0.3) is 0 Å². The second-order valence-electron chi connectivity index (χ2n) is 6.54. The number of nitrogens with two attached hydrogens (primary N) is 1. The van der Waals surface area contributed by atoms with E-state index < -0.39 is 11.5 Å². The minimum atomic E-state index is -0.593. The molecule has 5 N–H and O–H groups in total. The lowest BCUT2D eigenvalue weighted by atomic mass is 10.1. The zero-order valence-corrected chi connectivity index (χ0v) is 17.3. The summed E-state index contributed by atoms with van der Waals surface area (Å²) in [4.78, 5) is 43.4. The van der Waals surface area contributed by atoms with Gasteiger partial charge in [0.2, 0.25) is 5.91 Å². The maximum atomic E-state index is 12.3. The van der Waals surface area contributed by atoms with Crippen molar-refractivity contribution in [1.82, 2.24) is 9.97 Å². The van der Waals surface area contributed by atoms with E-state index in [1.807, 2.05) is 32.0 Å². The van der Waals surface area contributed by atoms with Gasteiger partial charge in [-0.3, -0.25) is 19.4 Å². The zero-order valence-electron chi connectivity index (χ0n) is 16.5. The van der Waals surface area contributed by atoms with Gasteiger partial charge in [-0.05, 0) is 43.2 Å². The fourth-order valence-corrected chi connectivity index (χ4v) is 3.31. The van der Waals surface area contributed by atoms with Gasteiger partial charge in [-0.2, -0.15) is 0 Å². The Labute approximate surface area is 177 Å². The number of rotatable bonds is 6. The van der Waals surface area contributed by atoms with E-state index in [-0.39, 0.29) is 28.3 Å². The van der Waals surface area contributed by atoms with Crippen molar-refractivity contribution in [3.63, 3.8) is 0 Å². The highest BCUT2D eigenvalue weighted by molar-refractivity contribution is 7.99. The highest BCUT2D eigenvalue weighted by Gasteiger charge is 2.15. The Bertz CT molecular complexity index is 1150. The maximum Gasteiger partial charge on any atom is 0.277 e. The molecule has 0 spiro atoms. The van der Waals surface area contributed by atoms with Crippen molar-refractivity contribution in [1.29, 1.82) is 0 Å². The Hall–Kier alpha value is -3.59. The predicted molar refractivity (Wildman–Crippen MR) is 119 cm³/mol. The van der Waals surface area contributed by atoms with Crippen LogP contribution in [0.15, 0.2) is 58.5 Å². The lowest BCUT2D eigenvalue weighted by Crippen LogP contribution is -2.23. The van der Waals surface area contributed by atoms with Crippen molar-refractivity contribution in [2.75, 3.05) is 22.1 Å². The van der Waals surface area contributed by atoms with Gasteiger partial charge in [-0.25, -0.2) is 4.98 Å². The van der Waals surface area contributed by atoms with Crippen LogP contribution in [0.5, 0.6) is 0 Å². The Morgan fingerprint density at radius 1 is 1.07 bits per heavy atom. The monoisotopic (exact) mass is 423 g/mol. The lowest BCUT2D eigenvalue weighted by molar-refractivity contribution is -0.113. The number of aromatic nitrogens is 2. The fourth-order valence-electron chi connectivity index (χ4n) is 2.64. The van der Waals surface area contributed by atoms with Crippen LogP contribution >= 0.6 is 11.8 Å². The number of nitrogens with one attached hydrogen (secondary N) is 3. The maximum absolute atomic E-state index is 12.3. The highest BCUT2D eigenvalue weighted by Crippen LogP contribution is 2.20. The molecule has 0 aliphatic carbocycles. The number of H-pyrrole nitrogens is 1. The third-order valence-electron chi connectivity index (χ3n) is 4.42. The summed E-state index contributed by atoms with van der Waals surface area (Å²) in [7, 11) is 0. The summed E-state index contributed by atoms with van der Waals surface area (Å²) in [6.07, 6.45) is 0. The first-order chi connectivity index (χ1) is 14.3. The normalized spacial score (nSPS) is 10.5. The number of amides is 2. The van der Waals surface area contributed by atoms with E-state index >= 15 is 0 Å². The molecule has 0 radical (unpaired) electrons. The molecule has 0 saturated carbocycles. The van der Waals surface area contributed by atoms with E-state index in [0.29, 0.717) is 5.56 Å². The molecule has 3 rings (SSSR count). The SMILES string of the molecule is Cc1cccc(NC(=O)CSc2nc(N)c(NC(=O)c3ccccc3)c(=O)[nH]2)c1C. The van der Waals surface area contributed by atoms with Gasteiger partial charge in [0.1, 0.15) is 5.69 Å². The fraction of sp³-hybridized carbons (Fsp3) is 0.143. The van der Waals surface area contributed by atoms with Crippen LogP contribution in [0.1, 0.15) is 21.5 Å². The van der Waals surface area contributed by atoms with Crippen LogP contribution in [0.4, 0.5) is 17.2 Å². The van der Waals surface area contributed by atoms with Crippen LogP contribution < -0.4 is 21.9 Å². The number of aryl methyl sites for hydroxylation is 1. The molecule has 2 aromatic carbocycles. The standard InChI is InChI=1S/C21H21N5O3S/c1-12-7-6-10-15(13(12)2)23-16(27)11-30-21-25-18(22)17(20(29)26-21)24-19(28)14-8-4-3-5-9-14/h3-10H,11H2,1-2H3,(H,23,27)(H,24,28)(H3,22,25,26,29). The topological polar surface area (TPSA) is 130 Å². The van der Waals surface area contributed by atoms with Gasteiger partial charge in [0.05, 0.1) is 5.75 Å². The first kappa shape index (κ1) is 21.1. The predicted octanol–water partition coefficient (Wildman–Crippen LogP) is 2.95. The summed E-state index contributed by atoms with van der Waals surface area (Å²) in [5, 5.41) is 5.50. The minimum absolute atomic E-state index is 0.0332. The van der Waals surface area contributed by atoms with Gasteiger partial charge in [0.15, 0.2) is 11.0 Å². The molecule has 154 valence electrons. The van der Waals surface area contributed by atoms with Crippen molar-refractivity contribution < 1.29 is 9.59 Å². The average Bonchev–Trinajstić information content (AvgIpc) is 2.73. The molecule has 0 aliphatic rings. The molecule has 8 nitrogen and oxygen atoms in total. The summed E-state index contributed by atoms with van der Waals surface area (Å²) in [5.41, 5.74) is 8.32. The molecule has 9 heteroatoms. The smallest absolute Gasteiger partial charge is 0.277 e. The molecule has 0 fully saturated rings. The Morgan fingerprint density at radius 2 is 1.80 bits per heavy atom. The quantitative estimate of drug-likeness (QED) is 0.356. The van der Waals surface area contributed by atoms with E-state index in [0.717, 1.165) is 28.6 Å². The van der Waals surface area contributed by atoms with Crippen molar-refractivity contribution in [3.8, 4) is 0 Å². The van der Waals surface area contributed by atoms with E-state index in [2.05, 4.69) is 20.6 Å². The Morgan fingerprint density at radius 3 is 2.50 bits per heavy atom. The van der Waals surface area contributed by atoms with Gasteiger partial charge in [0.25, 0.3) is 11.5 Å². The van der Waals surface area contributed by atoms with Crippen molar-refractivity contribution >= 4 is 40.8 Å². The molecule has 0 saturated heterocycles. The summed E-state index contributed by atoms with van der Waals surface area (Å²) < 4.78 is 0.